The molecule has 6 heteroatoms. The van der Waals surface area contributed by atoms with Gasteiger partial charge in [-0.3, -0.25) is 4.90 Å². The van der Waals surface area contributed by atoms with Crippen LogP contribution in [0.25, 0.3) is 0 Å². The molecule has 4 rings (SSSR count). The van der Waals surface area contributed by atoms with Crippen LogP contribution in [0.3, 0.4) is 0 Å². The highest BCUT2D eigenvalue weighted by Gasteiger charge is 2.43. The number of para-hydroxylation sites is 1. The number of ether oxygens (including phenoxy) is 2. The van der Waals surface area contributed by atoms with Crippen LogP contribution in [-0.2, 0) is 27.3 Å². The fraction of sp³-hybridized carbons (Fsp3) is 0.238. The lowest BCUT2D eigenvalue weighted by Gasteiger charge is -2.32. The van der Waals surface area contributed by atoms with Crippen molar-refractivity contribution in [3.8, 4) is 0 Å². The minimum absolute atomic E-state index is 0.182. The van der Waals surface area contributed by atoms with Gasteiger partial charge in [0.05, 0.1) is 6.04 Å². The lowest BCUT2D eigenvalue weighted by atomic mass is 10.0. The highest BCUT2D eigenvalue weighted by molar-refractivity contribution is 5.97. The number of carbonyl (C=O) groups is 2. The topological polar surface area (TPSA) is 67.9 Å². The Morgan fingerprint density at radius 3 is 2.78 bits per heavy atom. The van der Waals surface area contributed by atoms with E-state index in [-0.39, 0.29) is 12.6 Å². The molecule has 1 N–H and O–H groups in total. The van der Waals surface area contributed by atoms with Crippen molar-refractivity contribution in [1.82, 2.24) is 5.32 Å². The summed E-state index contributed by atoms with van der Waals surface area (Å²) >= 11 is 0. The Morgan fingerprint density at radius 1 is 1.22 bits per heavy atom. The molecule has 0 aromatic heterocycles. The number of rotatable bonds is 4. The van der Waals surface area contributed by atoms with Crippen LogP contribution in [0, 0.1) is 0 Å². The number of amides is 1. The van der Waals surface area contributed by atoms with Crippen LogP contribution in [0.15, 0.2) is 66.4 Å². The first-order chi connectivity index (χ1) is 13.1. The van der Waals surface area contributed by atoms with Crippen molar-refractivity contribution in [3.05, 3.63) is 77.5 Å². The molecule has 0 spiro atoms. The van der Waals surface area contributed by atoms with Crippen LogP contribution < -0.4 is 10.2 Å². The second-order valence-electron chi connectivity index (χ2n) is 6.58. The quantitative estimate of drug-likeness (QED) is 0.845. The summed E-state index contributed by atoms with van der Waals surface area (Å²) in [4.78, 5) is 26.3. The second kappa shape index (κ2) is 7.15. The zero-order valence-corrected chi connectivity index (χ0v) is 14.9. The van der Waals surface area contributed by atoms with Gasteiger partial charge < -0.3 is 14.8 Å². The molecule has 2 atom stereocenters. The fourth-order valence-corrected chi connectivity index (χ4v) is 3.38. The SMILES string of the molecule is C[C@H](NC(=O)OCc1ccccc1)[C@H]1OC(=O)C2=CCc3ccccc3N21. The van der Waals surface area contributed by atoms with Crippen molar-refractivity contribution >= 4 is 17.7 Å². The molecule has 2 aliphatic rings. The molecule has 138 valence electrons. The Labute approximate surface area is 157 Å². The van der Waals surface area contributed by atoms with Gasteiger partial charge in [0, 0.05) is 5.69 Å². The van der Waals surface area contributed by atoms with Gasteiger partial charge in [0.15, 0.2) is 0 Å². The first-order valence-corrected chi connectivity index (χ1v) is 8.89. The van der Waals surface area contributed by atoms with Gasteiger partial charge in [0.2, 0.25) is 6.23 Å². The van der Waals surface area contributed by atoms with Crippen molar-refractivity contribution in [3.63, 3.8) is 0 Å². The highest BCUT2D eigenvalue weighted by Crippen LogP contribution is 2.37. The summed E-state index contributed by atoms with van der Waals surface area (Å²) in [6.45, 7) is 1.98. The number of carbonyl (C=O) groups excluding carboxylic acids is 2. The Bertz CT molecular complexity index is 894. The van der Waals surface area contributed by atoms with Crippen LogP contribution >= 0.6 is 0 Å². The summed E-state index contributed by atoms with van der Waals surface area (Å²) in [6, 6.07) is 16.9. The molecular formula is C21H20N2O4. The molecule has 0 aliphatic carbocycles. The summed E-state index contributed by atoms with van der Waals surface area (Å²) in [6.07, 6.45) is 1.38. The maximum absolute atomic E-state index is 12.3. The number of cyclic esters (lactones) is 1. The lowest BCUT2D eigenvalue weighted by Crippen LogP contribution is -2.48. The largest absolute Gasteiger partial charge is 0.445 e. The summed E-state index contributed by atoms with van der Waals surface area (Å²) in [5.74, 6) is -0.374. The van der Waals surface area contributed by atoms with Crippen molar-refractivity contribution in [2.24, 2.45) is 0 Å². The summed E-state index contributed by atoms with van der Waals surface area (Å²) in [5, 5.41) is 2.77. The van der Waals surface area contributed by atoms with Crippen molar-refractivity contribution in [2.75, 3.05) is 4.90 Å². The van der Waals surface area contributed by atoms with E-state index >= 15 is 0 Å². The predicted molar refractivity (Wildman–Crippen MR) is 99.8 cm³/mol. The van der Waals surface area contributed by atoms with Crippen LogP contribution in [-0.4, -0.2) is 24.3 Å². The molecule has 0 saturated carbocycles. The van der Waals surface area contributed by atoms with Crippen LogP contribution in [0.4, 0.5) is 10.5 Å². The maximum Gasteiger partial charge on any atom is 0.407 e. The van der Waals surface area contributed by atoms with Gasteiger partial charge in [0.25, 0.3) is 0 Å². The zero-order valence-electron chi connectivity index (χ0n) is 14.9. The fourth-order valence-electron chi connectivity index (χ4n) is 3.38. The summed E-state index contributed by atoms with van der Waals surface area (Å²) < 4.78 is 10.8. The number of hydrogen-bond acceptors (Lipinski definition) is 5. The Kier molecular flexibility index (Phi) is 4.54. The molecule has 2 aliphatic heterocycles. The molecule has 1 fully saturated rings. The summed E-state index contributed by atoms with van der Waals surface area (Å²) in [7, 11) is 0. The third-order valence-electron chi connectivity index (χ3n) is 4.70. The van der Waals surface area contributed by atoms with Gasteiger partial charge in [-0.15, -0.1) is 0 Å². The Hall–Kier alpha value is -3.28. The molecule has 0 bridgehead atoms. The Morgan fingerprint density at radius 2 is 1.96 bits per heavy atom. The van der Waals surface area contributed by atoms with Gasteiger partial charge in [0.1, 0.15) is 12.3 Å². The Balaban J connectivity index is 1.44. The molecule has 0 radical (unpaired) electrons. The number of allylic oxidation sites excluding steroid dienone is 1. The van der Waals surface area contributed by atoms with Gasteiger partial charge in [-0.25, -0.2) is 9.59 Å². The number of fused-ring (bicyclic) bond motifs is 3. The van der Waals surface area contributed by atoms with E-state index < -0.39 is 18.4 Å². The van der Waals surface area contributed by atoms with Crippen LogP contribution in [0.1, 0.15) is 18.1 Å². The van der Waals surface area contributed by atoms with E-state index in [1.807, 2.05) is 65.6 Å². The van der Waals surface area contributed by atoms with E-state index in [0.717, 1.165) is 16.8 Å². The minimum Gasteiger partial charge on any atom is -0.445 e. The van der Waals surface area contributed by atoms with Crippen molar-refractivity contribution in [2.45, 2.75) is 32.2 Å². The number of hydrogen-bond donors (Lipinski definition) is 1. The number of nitrogens with one attached hydrogen (secondary N) is 1. The van der Waals surface area contributed by atoms with E-state index in [1.165, 1.54) is 0 Å². The predicted octanol–water partition coefficient (Wildman–Crippen LogP) is 3.13. The van der Waals surface area contributed by atoms with E-state index in [0.29, 0.717) is 12.1 Å². The number of benzene rings is 2. The van der Waals surface area contributed by atoms with Crippen molar-refractivity contribution in [1.29, 1.82) is 0 Å². The van der Waals surface area contributed by atoms with E-state index in [2.05, 4.69) is 5.32 Å². The molecule has 1 saturated heterocycles. The third-order valence-corrected chi connectivity index (χ3v) is 4.70. The zero-order chi connectivity index (χ0) is 18.8. The van der Waals surface area contributed by atoms with Gasteiger partial charge >= 0.3 is 12.1 Å². The average Bonchev–Trinajstić information content (AvgIpc) is 3.04. The third kappa shape index (κ3) is 3.38. The number of esters is 1. The number of nitrogens with zero attached hydrogens (tertiary/aromatic N) is 1. The van der Waals surface area contributed by atoms with Gasteiger partial charge in [-0.2, -0.15) is 0 Å². The molecule has 27 heavy (non-hydrogen) atoms. The first-order valence-electron chi connectivity index (χ1n) is 8.89. The van der Waals surface area contributed by atoms with E-state index in [4.69, 9.17) is 9.47 Å². The smallest absolute Gasteiger partial charge is 0.407 e. The molecular weight excluding hydrogens is 344 g/mol. The first kappa shape index (κ1) is 17.1. The maximum atomic E-state index is 12.3. The standard InChI is InChI=1S/C21H20N2O4/c1-14(22-21(25)26-13-15-7-3-2-4-8-15)19-23-17-10-6-5-9-16(17)11-12-18(23)20(24)27-19/h2-10,12,14,19H,11,13H2,1H3,(H,22,25)/t14-,19+/m0/s1. The number of anilines is 1. The molecule has 2 aromatic rings. The monoisotopic (exact) mass is 364 g/mol. The average molecular weight is 364 g/mol. The van der Waals surface area contributed by atoms with E-state index in [1.54, 1.807) is 6.92 Å². The van der Waals surface area contributed by atoms with Crippen LogP contribution in [0.2, 0.25) is 0 Å². The van der Waals surface area contributed by atoms with Crippen molar-refractivity contribution < 1.29 is 19.1 Å². The molecule has 0 unspecified atom stereocenters. The molecule has 1 amide bonds. The van der Waals surface area contributed by atoms with E-state index in [9.17, 15) is 9.59 Å². The van der Waals surface area contributed by atoms with Gasteiger partial charge in [-0.1, -0.05) is 48.5 Å². The molecule has 2 aromatic carbocycles. The molecule has 2 heterocycles. The highest BCUT2D eigenvalue weighted by atomic mass is 16.6. The lowest BCUT2D eigenvalue weighted by molar-refractivity contribution is -0.139. The minimum atomic E-state index is -0.616. The second-order valence-corrected chi connectivity index (χ2v) is 6.58. The molecule has 6 nitrogen and oxygen atoms in total. The normalized spacial score (nSPS) is 18.7. The summed E-state index contributed by atoms with van der Waals surface area (Å²) in [5.41, 5.74) is 3.47. The number of alkyl carbamates (subject to hydrolysis) is 1. The van der Waals surface area contributed by atoms with Crippen LogP contribution in [0.5, 0.6) is 0 Å². The van der Waals surface area contributed by atoms with Gasteiger partial charge in [-0.05, 0) is 36.6 Å².